The number of methoxy groups -OCH3 is 1. The highest BCUT2D eigenvalue weighted by molar-refractivity contribution is 8.14. The number of hydrogen-bond donors (Lipinski definition) is 1. The third kappa shape index (κ3) is 1.46. The SMILES string of the molecule is COc1cccc2c1SC(=O)C(C)N2. The fraction of sp³-hybridized carbons (Fsp3) is 0.300. The van der Waals surface area contributed by atoms with Crippen LogP contribution in [0.25, 0.3) is 0 Å². The van der Waals surface area contributed by atoms with Crippen molar-refractivity contribution >= 4 is 22.6 Å². The number of anilines is 1. The van der Waals surface area contributed by atoms with E-state index >= 15 is 0 Å². The molecule has 1 atom stereocenters. The van der Waals surface area contributed by atoms with Gasteiger partial charge < -0.3 is 10.1 Å². The third-order valence-corrected chi connectivity index (χ3v) is 3.31. The van der Waals surface area contributed by atoms with E-state index in [-0.39, 0.29) is 11.2 Å². The van der Waals surface area contributed by atoms with E-state index in [2.05, 4.69) is 5.32 Å². The van der Waals surface area contributed by atoms with Crippen molar-refractivity contribution in [2.24, 2.45) is 0 Å². The summed E-state index contributed by atoms with van der Waals surface area (Å²) in [5, 5.41) is 3.26. The minimum absolute atomic E-state index is 0.125. The molecular weight excluding hydrogens is 198 g/mol. The molecule has 1 aromatic carbocycles. The maximum absolute atomic E-state index is 11.5. The number of nitrogens with one attached hydrogen (secondary N) is 1. The lowest BCUT2D eigenvalue weighted by Gasteiger charge is -2.23. The molecular formula is C10H11NO2S. The van der Waals surface area contributed by atoms with Gasteiger partial charge in [0.25, 0.3) is 0 Å². The van der Waals surface area contributed by atoms with Gasteiger partial charge in [-0.2, -0.15) is 0 Å². The van der Waals surface area contributed by atoms with Crippen LogP contribution in [0.1, 0.15) is 6.92 Å². The average Bonchev–Trinajstić information content (AvgIpc) is 2.19. The summed E-state index contributed by atoms with van der Waals surface area (Å²) >= 11 is 1.24. The second-order valence-electron chi connectivity index (χ2n) is 3.12. The van der Waals surface area contributed by atoms with Crippen molar-refractivity contribution in [1.29, 1.82) is 0 Å². The Morgan fingerprint density at radius 3 is 3.00 bits per heavy atom. The smallest absolute Gasteiger partial charge is 0.215 e. The van der Waals surface area contributed by atoms with Crippen molar-refractivity contribution in [2.75, 3.05) is 12.4 Å². The number of fused-ring (bicyclic) bond motifs is 1. The Morgan fingerprint density at radius 2 is 2.29 bits per heavy atom. The van der Waals surface area contributed by atoms with Crippen LogP contribution >= 0.6 is 11.8 Å². The first-order valence-corrected chi connectivity index (χ1v) is 5.19. The Labute approximate surface area is 86.8 Å². The van der Waals surface area contributed by atoms with E-state index in [1.807, 2.05) is 25.1 Å². The van der Waals surface area contributed by atoms with Gasteiger partial charge in [0.15, 0.2) is 0 Å². The van der Waals surface area contributed by atoms with Crippen LogP contribution in [-0.2, 0) is 4.79 Å². The van der Waals surface area contributed by atoms with Crippen LogP contribution in [0.2, 0.25) is 0 Å². The van der Waals surface area contributed by atoms with Crippen LogP contribution in [0, 0.1) is 0 Å². The average molecular weight is 209 g/mol. The lowest BCUT2D eigenvalue weighted by atomic mass is 10.2. The van der Waals surface area contributed by atoms with Gasteiger partial charge in [-0.1, -0.05) is 6.07 Å². The van der Waals surface area contributed by atoms with Crippen LogP contribution in [0.3, 0.4) is 0 Å². The molecule has 0 saturated heterocycles. The summed E-state index contributed by atoms with van der Waals surface area (Å²) in [7, 11) is 1.61. The zero-order valence-corrected chi connectivity index (χ0v) is 8.85. The highest BCUT2D eigenvalue weighted by Crippen LogP contribution is 2.40. The van der Waals surface area contributed by atoms with Gasteiger partial charge in [-0.3, -0.25) is 4.79 Å². The Balaban J connectivity index is 2.46. The van der Waals surface area contributed by atoms with Crippen molar-refractivity contribution in [2.45, 2.75) is 17.9 Å². The van der Waals surface area contributed by atoms with E-state index in [0.29, 0.717) is 0 Å². The van der Waals surface area contributed by atoms with E-state index in [4.69, 9.17) is 4.74 Å². The monoisotopic (exact) mass is 209 g/mol. The highest BCUT2D eigenvalue weighted by Gasteiger charge is 2.25. The Hall–Kier alpha value is -1.16. The Bertz CT molecular complexity index is 378. The van der Waals surface area contributed by atoms with E-state index < -0.39 is 0 Å². The van der Waals surface area contributed by atoms with E-state index in [9.17, 15) is 4.79 Å². The molecule has 0 saturated carbocycles. The van der Waals surface area contributed by atoms with E-state index in [1.165, 1.54) is 11.8 Å². The fourth-order valence-electron chi connectivity index (χ4n) is 1.38. The zero-order valence-electron chi connectivity index (χ0n) is 8.03. The lowest BCUT2D eigenvalue weighted by Crippen LogP contribution is -2.27. The maximum atomic E-state index is 11.5. The first-order valence-electron chi connectivity index (χ1n) is 4.37. The molecule has 1 aliphatic rings. The fourth-order valence-corrected chi connectivity index (χ4v) is 2.30. The molecule has 0 spiro atoms. The number of benzene rings is 1. The topological polar surface area (TPSA) is 38.3 Å². The summed E-state index contributed by atoms with van der Waals surface area (Å²) in [5.74, 6) is 0.750. The van der Waals surface area contributed by atoms with Gasteiger partial charge in [-0.15, -0.1) is 0 Å². The first kappa shape index (κ1) is 9.40. The molecule has 1 heterocycles. The molecule has 0 bridgehead atoms. The number of rotatable bonds is 1. The maximum Gasteiger partial charge on any atom is 0.215 e. The second kappa shape index (κ2) is 3.53. The van der Waals surface area contributed by atoms with Gasteiger partial charge in [0.2, 0.25) is 5.12 Å². The lowest BCUT2D eigenvalue weighted by molar-refractivity contribution is -0.111. The first-order chi connectivity index (χ1) is 6.72. The molecule has 1 aliphatic heterocycles. The van der Waals surface area contributed by atoms with Crippen molar-refractivity contribution in [1.82, 2.24) is 0 Å². The quantitative estimate of drug-likeness (QED) is 0.769. The van der Waals surface area contributed by atoms with Crippen LogP contribution in [0.4, 0.5) is 5.69 Å². The summed E-state index contributed by atoms with van der Waals surface area (Å²) in [4.78, 5) is 12.4. The number of carbonyl (C=O) groups excluding carboxylic acids is 1. The molecule has 14 heavy (non-hydrogen) atoms. The van der Waals surface area contributed by atoms with Crippen LogP contribution in [-0.4, -0.2) is 18.3 Å². The minimum atomic E-state index is -0.125. The largest absolute Gasteiger partial charge is 0.495 e. The number of ether oxygens (including phenoxy) is 1. The van der Waals surface area contributed by atoms with Gasteiger partial charge in [0, 0.05) is 0 Å². The Kier molecular flexibility index (Phi) is 2.37. The molecule has 0 radical (unpaired) electrons. The molecule has 2 rings (SSSR count). The second-order valence-corrected chi connectivity index (χ2v) is 4.14. The molecule has 1 aromatic rings. The molecule has 1 unspecified atom stereocenters. The molecule has 0 amide bonds. The van der Waals surface area contributed by atoms with Gasteiger partial charge in [0.05, 0.1) is 23.7 Å². The molecule has 0 aromatic heterocycles. The molecule has 3 nitrogen and oxygen atoms in total. The predicted molar refractivity (Wildman–Crippen MR) is 56.9 cm³/mol. The minimum Gasteiger partial charge on any atom is -0.495 e. The van der Waals surface area contributed by atoms with Crippen LogP contribution in [0.5, 0.6) is 5.75 Å². The number of hydrogen-bond acceptors (Lipinski definition) is 4. The normalized spacial score (nSPS) is 19.9. The van der Waals surface area contributed by atoms with Crippen molar-refractivity contribution in [3.63, 3.8) is 0 Å². The van der Waals surface area contributed by atoms with Gasteiger partial charge in [0.1, 0.15) is 5.75 Å². The summed E-state index contributed by atoms with van der Waals surface area (Å²) < 4.78 is 5.18. The zero-order chi connectivity index (χ0) is 10.1. The van der Waals surface area contributed by atoms with Crippen molar-refractivity contribution in [3.8, 4) is 5.75 Å². The van der Waals surface area contributed by atoms with Gasteiger partial charge in [-0.25, -0.2) is 0 Å². The standard InChI is InChI=1S/C10H11NO2S/c1-6-10(12)14-9-7(11-6)4-3-5-8(9)13-2/h3-6,11H,1-2H3. The van der Waals surface area contributed by atoms with Crippen molar-refractivity contribution in [3.05, 3.63) is 18.2 Å². The molecule has 0 fully saturated rings. The third-order valence-electron chi connectivity index (χ3n) is 2.13. The summed E-state index contributed by atoms with van der Waals surface area (Å²) in [6.07, 6.45) is 0. The van der Waals surface area contributed by atoms with Gasteiger partial charge in [-0.05, 0) is 30.8 Å². The van der Waals surface area contributed by atoms with Crippen LogP contribution < -0.4 is 10.1 Å². The molecule has 1 N–H and O–H groups in total. The summed E-state index contributed by atoms with van der Waals surface area (Å²) in [6.45, 7) is 1.86. The number of thioether (sulfide) groups is 1. The summed E-state index contributed by atoms with van der Waals surface area (Å²) in [5.41, 5.74) is 0.974. The molecule has 74 valence electrons. The van der Waals surface area contributed by atoms with Gasteiger partial charge >= 0.3 is 0 Å². The van der Waals surface area contributed by atoms with Crippen LogP contribution in [0.15, 0.2) is 23.1 Å². The molecule has 4 heteroatoms. The molecule has 0 aliphatic carbocycles. The van der Waals surface area contributed by atoms with Crippen molar-refractivity contribution < 1.29 is 9.53 Å². The summed E-state index contributed by atoms with van der Waals surface area (Å²) in [6, 6.07) is 5.60. The highest BCUT2D eigenvalue weighted by atomic mass is 32.2. The van der Waals surface area contributed by atoms with E-state index in [0.717, 1.165) is 16.3 Å². The Morgan fingerprint density at radius 1 is 1.50 bits per heavy atom. The van der Waals surface area contributed by atoms with E-state index in [1.54, 1.807) is 7.11 Å². The predicted octanol–water partition coefficient (Wildman–Crippen LogP) is 2.13. The number of carbonyl (C=O) groups is 1.